The van der Waals surface area contributed by atoms with Gasteiger partial charge in [0.25, 0.3) is 0 Å². The molecule has 1 aliphatic heterocycles. The van der Waals surface area contributed by atoms with Crippen molar-refractivity contribution in [2.24, 2.45) is 0 Å². The topological polar surface area (TPSA) is 34.2 Å². The van der Waals surface area contributed by atoms with E-state index in [0.717, 1.165) is 13.2 Å². The van der Waals surface area contributed by atoms with Crippen LogP contribution in [0, 0.1) is 0 Å². The van der Waals surface area contributed by atoms with E-state index in [1.54, 1.807) is 0 Å². The first-order valence-electron chi connectivity index (χ1n) is 5.29. The van der Waals surface area contributed by atoms with Crippen LogP contribution in [0.4, 0.5) is 0 Å². The number of pyridine rings is 1. The number of likely N-dealkylation sites (N-methyl/N-ethyl adjacent to an activating group) is 1. The van der Waals surface area contributed by atoms with Crippen LogP contribution in [0.1, 0.15) is 19.4 Å². The van der Waals surface area contributed by atoms with Crippen LogP contribution in [-0.2, 0) is 10.2 Å². The van der Waals surface area contributed by atoms with E-state index in [9.17, 15) is 0 Å². The lowest BCUT2D eigenvalue weighted by Crippen LogP contribution is -2.65. The van der Waals surface area contributed by atoms with E-state index in [1.165, 1.54) is 5.56 Å². The standard InChI is InChI=1S/C12H18N2O/c1-11(2,13-3)12(8-15-9-12)10-5-4-6-14-7-10/h4-7,13H,8-9H2,1-3H3. The number of nitrogens with zero attached hydrogens (tertiary/aromatic N) is 1. The normalized spacial score (nSPS) is 19.7. The monoisotopic (exact) mass is 206 g/mol. The van der Waals surface area contributed by atoms with Gasteiger partial charge in [-0.3, -0.25) is 4.98 Å². The van der Waals surface area contributed by atoms with Crippen LogP contribution in [0.15, 0.2) is 24.5 Å². The molecule has 3 nitrogen and oxygen atoms in total. The molecule has 1 fully saturated rings. The molecule has 1 aromatic rings. The molecule has 1 N–H and O–H groups in total. The molecule has 3 heteroatoms. The van der Waals surface area contributed by atoms with Crippen molar-refractivity contribution in [1.82, 2.24) is 10.3 Å². The highest BCUT2D eigenvalue weighted by Gasteiger charge is 2.51. The molecule has 0 amide bonds. The third-order valence-electron chi connectivity index (χ3n) is 3.73. The van der Waals surface area contributed by atoms with Gasteiger partial charge in [0.05, 0.1) is 18.6 Å². The third kappa shape index (κ3) is 1.46. The summed E-state index contributed by atoms with van der Waals surface area (Å²) in [6.45, 7) is 5.96. The van der Waals surface area contributed by atoms with Crippen LogP contribution >= 0.6 is 0 Å². The molecule has 1 aliphatic rings. The predicted molar refractivity (Wildman–Crippen MR) is 59.9 cm³/mol. The van der Waals surface area contributed by atoms with Crippen molar-refractivity contribution in [3.8, 4) is 0 Å². The highest BCUT2D eigenvalue weighted by molar-refractivity contribution is 5.30. The van der Waals surface area contributed by atoms with Gasteiger partial charge >= 0.3 is 0 Å². The SMILES string of the molecule is CNC(C)(C)C1(c2cccnc2)COC1. The Morgan fingerprint density at radius 1 is 1.47 bits per heavy atom. The third-order valence-corrected chi connectivity index (χ3v) is 3.73. The van der Waals surface area contributed by atoms with E-state index < -0.39 is 0 Å². The van der Waals surface area contributed by atoms with Gasteiger partial charge in [-0.05, 0) is 32.5 Å². The fraction of sp³-hybridized carbons (Fsp3) is 0.583. The van der Waals surface area contributed by atoms with Gasteiger partial charge in [-0.15, -0.1) is 0 Å². The number of hydrogen-bond acceptors (Lipinski definition) is 3. The Balaban J connectivity index is 2.39. The van der Waals surface area contributed by atoms with Crippen molar-refractivity contribution in [3.05, 3.63) is 30.1 Å². The molecule has 0 aromatic carbocycles. The van der Waals surface area contributed by atoms with Gasteiger partial charge in [0.15, 0.2) is 0 Å². The molecule has 0 aliphatic carbocycles. The molecule has 0 atom stereocenters. The Hall–Kier alpha value is -0.930. The summed E-state index contributed by atoms with van der Waals surface area (Å²) in [6.07, 6.45) is 3.75. The fourth-order valence-electron chi connectivity index (χ4n) is 2.08. The van der Waals surface area contributed by atoms with Crippen LogP contribution in [0.3, 0.4) is 0 Å². The van der Waals surface area contributed by atoms with Gasteiger partial charge in [-0.25, -0.2) is 0 Å². The van der Waals surface area contributed by atoms with Crippen LogP contribution in [0.2, 0.25) is 0 Å². The zero-order chi connectivity index (χ0) is 10.9. The molecule has 0 spiro atoms. The molecular weight excluding hydrogens is 188 g/mol. The van der Waals surface area contributed by atoms with Crippen molar-refractivity contribution >= 4 is 0 Å². The predicted octanol–water partition coefficient (Wildman–Crippen LogP) is 1.35. The quantitative estimate of drug-likeness (QED) is 0.810. The second-order valence-corrected chi connectivity index (χ2v) is 4.69. The molecule has 0 unspecified atom stereocenters. The lowest BCUT2D eigenvalue weighted by molar-refractivity contribution is -0.0992. The van der Waals surface area contributed by atoms with E-state index >= 15 is 0 Å². The van der Waals surface area contributed by atoms with E-state index in [-0.39, 0.29) is 11.0 Å². The van der Waals surface area contributed by atoms with Gasteiger partial charge in [0.2, 0.25) is 0 Å². The number of aromatic nitrogens is 1. The molecule has 1 saturated heterocycles. The first-order chi connectivity index (χ1) is 7.12. The molecule has 0 radical (unpaired) electrons. The lowest BCUT2D eigenvalue weighted by Gasteiger charge is -2.52. The minimum Gasteiger partial charge on any atom is -0.379 e. The summed E-state index contributed by atoms with van der Waals surface area (Å²) in [5.41, 5.74) is 1.35. The first kappa shape index (κ1) is 10.6. The molecule has 15 heavy (non-hydrogen) atoms. The molecule has 82 valence electrons. The van der Waals surface area contributed by atoms with Crippen LogP contribution in [-0.4, -0.2) is 30.8 Å². The van der Waals surface area contributed by atoms with Gasteiger partial charge < -0.3 is 10.1 Å². The lowest BCUT2D eigenvalue weighted by atomic mass is 9.65. The van der Waals surface area contributed by atoms with Crippen LogP contribution in [0.25, 0.3) is 0 Å². The molecule has 1 aromatic heterocycles. The zero-order valence-corrected chi connectivity index (χ0v) is 9.58. The smallest absolute Gasteiger partial charge is 0.0611 e. The molecule has 2 heterocycles. The Morgan fingerprint density at radius 2 is 2.20 bits per heavy atom. The second-order valence-electron chi connectivity index (χ2n) is 4.69. The van der Waals surface area contributed by atoms with E-state index in [2.05, 4.69) is 30.2 Å². The average Bonchev–Trinajstić information content (AvgIpc) is 2.17. The van der Waals surface area contributed by atoms with Crippen molar-refractivity contribution in [1.29, 1.82) is 0 Å². The van der Waals surface area contributed by atoms with Crippen molar-refractivity contribution in [2.75, 3.05) is 20.3 Å². The maximum Gasteiger partial charge on any atom is 0.0611 e. The fourth-order valence-corrected chi connectivity index (χ4v) is 2.08. The summed E-state index contributed by atoms with van der Waals surface area (Å²) in [7, 11) is 2.00. The van der Waals surface area contributed by atoms with Crippen molar-refractivity contribution in [2.45, 2.75) is 24.8 Å². The zero-order valence-electron chi connectivity index (χ0n) is 9.58. The Bertz CT molecular complexity index is 331. The summed E-state index contributed by atoms with van der Waals surface area (Å²) in [4.78, 5) is 4.20. The molecular formula is C12H18N2O. The Labute approximate surface area is 90.9 Å². The van der Waals surface area contributed by atoms with Gasteiger partial charge in [0.1, 0.15) is 0 Å². The molecule has 2 rings (SSSR count). The number of hydrogen-bond donors (Lipinski definition) is 1. The number of nitrogens with one attached hydrogen (secondary N) is 1. The number of ether oxygens (including phenoxy) is 1. The van der Waals surface area contributed by atoms with Crippen molar-refractivity contribution < 1.29 is 4.74 Å². The van der Waals surface area contributed by atoms with Crippen molar-refractivity contribution in [3.63, 3.8) is 0 Å². The molecule has 0 bridgehead atoms. The van der Waals surface area contributed by atoms with Crippen LogP contribution < -0.4 is 5.32 Å². The minimum atomic E-state index is 0.0221. The van der Waals surface area contributed by atoms with Gasteiger partial charge in [-0.2, -0.15) is 0 Å². The summed E-state index contributed by atoms with van der Waals surface area (Å²) >= 11 is 0. The van der Waals surface area contributed by atoms with E-state index in [4.69, 9.17) is 4.74 Å². The Morgan fingerprint density at radius 3 is 2.60 bits per heavy atom. The van der Waals surface area contributed by atoms with E-state index in [0.29, 0.717) is 0 Å². The van der Waals surface area contributed by atoms with E-state index in [1.807, 2.05) is 25.5 Å². The summed E-state index contributed by atoms with van der Waals surface area (Å²) in [5.74, 6) is 0. The maximum absolute atomic E-state index is 5.41. The largest absolute Gasteiger partial charge is 0.379 e. The number of rotatable bonds is 3. The first-order valence-corrected chi connectivity index (χ1v) is 5.29. The minimum absolute atomic E-state index is 0.0221. The average molecular weight is 206 g/mol. The highest BCUT2D eigenvalue weighted by Crippen LogP contribution is 2.41. The maximum atomic E-state index is 5.41. The molecule has 0 saturated carbocycles. The van der Waals surface area contributed by atoms with Gasteiger partial charge in [-0.1, -0.05) is 6.07 Å². The Kier molecular flexibility index (Phi) is 2.52. The van der Waals surface area contributed by atoms with Gasteiger partial charge in [0, 0.05) is 17.9 Å². The summed E-state index contributed by atoms with van der Waals surface area (Å²) in [6, 6.07) is 4.12. The second kappa shape index (κ2) is 3.58. The van der Waals surface area contributed by atoms with Crippen LogP contribution in [0.5, 0.6) is 0 Å². The summed E-state index contributed by atoms with van der Waals surface area (Å²) in [5, 5.41) is 3.37. The highest BCUT2D eigenvalue weighted by atomic mass is 16.5. The summed E-state index contributed by atoms with van der Waals surface area (Å²) < 4.78 is 5.41.